The number of nitrogens with zero attached hydrogens (tertiary/aromatic N) is 2. The minimum atomic E-state index is -0.512. The molecule has 0 N–H and O–H groups in total. The Hall–Kier alpha value is -2.06. The van der Waals surface area contributed by atoms with Gasteiger partial charge in [-0.2, -0.15) is 0 Å². The minimum Gasteiger partial charge on any atom is -0.347 e. The summed E-state index contributed by atoms with van der Waals surface area (Å²) in [5.41, 5.74) is 2.23. The number of likely N-dealkylation sites (tertiary alicyclic amines) is 1. The van der Waals surface area contributed by atoms with Crippen molar-refractivity contribution in [1.29, 1.82) is 0 Å². The molecule has 0 aromatic heterocycles. The topological polar surface area (TPSA) is 59.1 Å². The highest BCUT2D eigenvalue weighted by Gasteiger charge is 2.41. The van der Waals surface area contributed by atoms with Crippen LogP contribution in [0.2, 0.25) is 5.02 Å². The number of amides is 2. The van der Waals surface area contributed by atoms with Crippen LogP contribution in [-0.4, -0.2) is 54.6 Å². The van der Waals surface area contributed by atoms with Crippen LogP contribution < -0.4 is 4.90 Å². The lowest BCUT2D eigenvalue weighted by Gasteiger charge is -2.37. The zero-order valence-corrected chi connectivity index (χ0v) is 18.6. The van der Waals surface area contributed by atoms with Gasteiger partial charge < -0.3 is 19.3 Å². The molecule has 0 aliphatic carbocycles. The fourth-order valence-electron chi connectivity index (χ4n) is 4.32. The van der Waals surface area contributed by atoms with Gasteiger partial charge in [0, 0.05) is 41.4 Å². The summed E-state index contributed by atoms with van der Waals surface area (Å²) in [7, 11) is 0. The van der Waals surface area contributed by atoms with Crippen LogP contribution in [0.1, 0.15) is 28.8 Å². The van der Waals surface area contributed by atoms with Crippen LogP contribution in [0.4, 0.5) is 5.69 Å². The predicted molar refractivity (Wildman–Crippen MR) is 120 cm³/mol. The van der Waals surface area contributed by atoms with Crippen molar-refractivity contribution in [2.45, 2.75) is 30.1 Å². The monoisotopic (exact) mass is 458 g/mol. The number of carbonyl (C=O) groups is 2. The Morgan fingerprint density at radius 1 is 1.10 bits per heavy atom. The Bertz CT molecular complexity index is 1010. The summed E-state index contributed by atoms with van der Waals surface area (Å²) >= 11 is 7.83. The van der Waals surface area contributed by atoms with Crippen molar-refractivity contribution in [3.63, 3.8) is 0 Å². The van der Waals surface area contributed by atoms with Gasteiger partial charge >= 0.3 is 0 Å². The van der Waals surface area contributed by atoms with Gasteiger partial charge in [0.15, 0.2) is 5.79 Å². The Morgan fingerprint density at radius 3 is 2.58 bits per heavy atom. The standard InChI is InChI=1S/C23H23ClN2O4S/c24-18-4-2-1-3-17(18)14-26-19-13-16(5-6-20(19)31-15-21(26)27)22(28)25-9-7-23(8-10-25)29-11-12-30-23/h1-6,13H,7-12,14-15H2. The zero-order chi connectivity index (χ0) is 21.4. The van der Waals surface area contributed by atoms with Crippen molar-refractivity contribution in [3.8, 4) is 0 Å². The molecule has 2 amide bonds. The van der Waals surface area contributed by atoms with E-state index in [2.05, 4.69) is 0 Å². The predicted octanol–water partition coefficient (Wildman–Crippen LogP) is 3.96. The lowest BCUT2D eigenvalue weighted by Crippen LogP contribution is -2.47. The third-order valence-electron chi connectivity index (χ3n) is 6.06. The van der Waals surface area contributed by atoms with Crippen molar-refractivity contribution < 1.29 is 19.1 Å². The molecule has 8 heteroatoms. The molecule has 2 saturated heterocycles. The maximum atomic E-state index is 13.2. The van der Waals surface area contributed by atoms with Crippen molar-refractivity contribution in [3.05, 3.63) is 58.6 Å². The normalized spacial score (nSPS) is 20.2. The Labute approximate surface area is 190 Å². The summed E-state index contributed by atoms with van der Waals surface area (Å²) < 4.78 is 11.5. The van der Waals surface area contributed by atoms with E-state index in [1.165, 1.54) is 11.8 Å². The molecule has 3 heterocycles. The second-order valence-electron chi connectivity index (χ2n) is 7.94. The summed E-state index contributed by atoms with van der Waals surface area (Å²) in [5, 5.41) is 0.626. The molecule has 2 aromatic rings. The maximum Gasteiger partial charge on any atom is 0.253 e. The second-order valence-corrected chi connectivity index (χ2v) is 9.37. The summed E-state index contributed by atoms with van der Waals surface area (Å²) in [5.74, 6) is -0.158. The first-order chi connectivity index (χ1) is 15.0. The number of anilines is 1. The fraction of sp³-hybridized carbons (Fsp3) is 0.391. The number of ether oxygens (including phenoxy) is 2. The number of hydrogen-bond acceptors (Lipinski definition) is 5. The van der Waals surface area contributed by atoms with Crippen molar-refractivity contribution in [2.75, 3.05) is 37.0 Å². The van der Waals surface area contributed by atoms with Crippen LogP contribution in [0.5, 0.6) is 0 Å². The van der Waals surface area contributed by atoms with Gasteiger partial charge in [0.05, 0.1) is 31.2 Å². The second kappa shape index (κ2) is 8.47. The Balaban J connectivity index is 1.37. The molecule has 162 valence electrons. The number of piperidine rings is 1. The fourth-order valence-corrected chi connectivity index (χ4v) is 5.44. The van der Waals surface area contributed by atoms with E-state index >= 15 is 0 Å². The van der Waals surface area contributed by atoms with Crippen molar-refractivity contribution in [1.82, 2.24) is 4.90 Å². The smallest absolute Gasteiger partial charge is 0.253 e. The molecule has 0 atom stereocenters. The number of thioether (sulfide) groups is 1. The van der Waals surface area contributed by atoms with Gasteiger partial charge in [-0.25, -0.2) is 0 Å². The number of hydrogen-bond donors (Lipinski definition) is 0. The van der Waals surface area contributed by atoms with Crippen molar-refractivity contribution >= 4 is 40.9 Å². The lowest BCUT2D eigenvalue weighted by atomic mass is 10.0. The number of fused-ring (bicyclic) bond motifs is 1. The maximum absolute atomic E-state index is 13.2. The molecular weight excluding hydrogens is 436 g/mol. The molecule has 0 unspecified atom stereocenters. The number of rotatable bonds is 3. The van der Waals surface area contributed by atoms with Gasteiger partial charge in [-0.05, 0) is 29.8 Å². The van der Waals surface area contributed by atoms with Crippen LogP contribution in [0, 0.1) is 0 Å². The summed E-state index contributed by atoms with van der Waals surface area (Å²) in [4.78, 5) is 30.5. The lowest BCUT2D eigenvalue weighted by molar-refractivity contribution is -0.181. The van der Waals surface area contributed by atoms with Gasteiger partial charge in [-0.1, -0.05) is 29.8 Å². The molecule has 2 fully saturated rings. The molecule has 0 saturated carbocycles. The van der Waals surface area contributed by atoms with Gasteiger partial charge in [-0.15, -0.1) is 11.8 Å². The van der Waals surface area contributed by atoms with Crippen molar-refractivity contribution in [2.24, 2.45) is 0 Å². The van der Waals surface area contributed by atoms with Gasteiger partial charge in [-0.3, -0.25) is 9.59 Å². The van der Waals surface area contributed by atoms with Gasteiger partial charge in [0.2, 0.25) is 5.91 Å². The van der Waals surface area contributed by atoms with E-state index in [0.717, 1.165) is 16.1 Å². The van der Waals surface area contributed by atoms with Crippen LogP contribution >= 0.6 is 23.4 Å². The molecule has 5 rings (SSSR count). The molecule has 3 aliphatic heterocycles. The number of benzene rings is 2. The number of carbonyl (C=O) groups excluding carboxylic acids is 2. The number of halogens is 1. The van der Waals surface area contributed by atoms with E-state index in [-0.39, 0.29) is 11.8 Å². The highest BCUT2D eigenvalue weighted by molar-refractivity contribution is 8.00. The molecule has 0 radical (unpaired) electrons. The van der Waals surface area contributed by atoms with E-state index in [1.807, 2.05) is 47.4 Å². The van der Waals surface area contributed by atoms with Crippen LogP contribution in [0.3, 0.4) is 0 Å². The molecule has 0 bridgehead atoms. The summed E-state index contributed by atoms with van der Waals surface area (Å²) in [6.07, 6.45) is 1.35. The molecular formula is C23H23ClN2O4S. The molecule has 1 spiro atoms. The largest absolute Gasteiger partial charge is 0.347 e. The van der Waals surface area contributed by atoms with Crippen LogP contribution in [0.15, 0.2) is 47.4 Å². The van der Waals surface area contributed by atoms with Crippen LogP contribution in [0.25, 0.3) is 0 Å². The first-order valence-electron chi connectivity index (χ1n) is 10.4. The highest BCUT2D eigenvalue weighted by atomic mass is 35.5. The van der Waals surface area contributed by atoms with E-state index in [1.54, 1.807) is 4.90 Å². The SMILES string of the molecule is O=C(c1ccc2c(c1)N(Cc1ccccc1Cl)C(=O)CS2)N1CCC2(CC1)OCCO2. The van der Waals surface area contributed by atoms with E-state index in [4.69, 9.17) is 21.1 Å². The minimum absolute atomic E-state index is 0.0115. The first-order valence-corrected chi connectivity index (χ1v) is 11.8. The molecule has 3 aliphatic rings. The molecule has 6 nitrogen and oxygen atoms in total. The summed E-state index contributed by atoms with van der Waals surface area (Å²) in [6.45, 7) is 2.79. The Kier molecular flexibility index (Phi) is 5.69. The average Bonchev–Trinajstić information content (AvgIpc) is 3.24. The quantitative estimate of drug-likeness (QED) is 0.696. The molecule has 31 heavy (non-hydrogen) atoms. The average molecular weight is 459 g/mol. The third-order valence-corrected chi connectivity index (χ3v) is 7.48. The molecule has 2 aromatic carbocycles. The van der Waals surface area contributed by atoms with Gasteiger partial charge in [0.1, 0.15) is 0 Å². The van der Waals surface area contributed by atoms with Gasteiger partial charge in [0.25, 0.3) is 5.91 Å². The van der Waals surface area contributed by atoms with E-state index < -0.39 is 5.79 Å². The Morgan fingerprint density at radius 2 is 1.84 bits per heavy atom. The third kappa shape index (κ3) is 4.07. The van der Waals surface area contributed by atoms with E-state index in [0.29, 0.717) is 62.0 Å². The zero-order valence-electron chi connectivity index (χ0n) is 17.0. The first kappa shape index (κ1) is 20.8. The summed E-state index contributed by atoms with van der Waals surface area (Å²) in [6, 6.07) is 13.1. The van der Waals surface area contributed by atoms with E-state index in [9.17, 15) is 9.59 Å². The van der Waals surface area contributed by atoms with Crippen LogP contribution in [-0.2, 0) is 20.8 Å². The highest BCUT2D eigenvalue weighted by Crippen LogP contribution is 2.38.